The molecule has 3 N–H and O–H groups in total. The van der Waals surface area contributed by atoms with Crippen molar-refractivity contribution in [2.24, 2.45) is 5.73 Å². The van der Waals surface area contributed by atoms with E-state index in [0.717, 1.165) is 0 Å². The Hall–Kier alpha value is -0.610. The summed E-state index contributed by atoms with van der Waals surface area (Å²) in [5.41, 5.74) is 5.14. The van der Waals surface area contributed by atoms with Crippen molar-refractivity contribution in [3.63, 3.8) is 0 Å². The van der Waals surface area contributed by atoms with Gasteiger partial charge in [0.2, 0.25) is 11.8 Å². The molecule has 4 nitrogen and oxygen atoms in total. The Balaban J connectivity index is 0.000000640. The Kier molecular flexibility index (Phi) is 2.61. The van der Waals surface area contributed by atoms with Gasteiger partial charge in [0.05, 0.1) is 12.5 Å². The zero-order valence-corrected chi connectivity index (χ0v) is 5.40. The third-order valence-corrected chi connectivity index (χ3v) is 1.00. The van der Waals surface area contributed by atoms with Crippen molar-refractivity contribution in [2.45, 2.75) is 12.5 Å². The van der Waals surface area contributed by atoms with Gasteiger partial charge in [-0.2, -0.15) is 0 Å². The summed E-state index contributed by atoms with van der Waals surface area (Å²) in [6.07, 6.45) is 0.138. The smallest absolute Gasteiger partial charge is 0.243 e. The number of rotatable bonds is 0. The molecule has 0 unspecified atom stereocenters. The first-order valence-electron chi connectivity index (χ1n) is 2.29. The molecule has 0 aromatic rings. The number of nitrogens with one attached hydrogen (secondary N) is 1. The lowest BCUT2D eigenvalue weighted by Gasteiger charge is -1.89. The van der Waals surface area contributed by atoms with Crippen molar-refractivity contribution in [1.82, 2.24) is 5.32 Å². The fourth-order valence-electron chi connectivity index (χ4n) is 0.574. The summed E-state index contributed by atoms with van der Waals surface area (Å²) in [6, 6.07) is -0.609. The molecule has 52 valence electrons. The number of nitrogens with two attached hydrogens (primary N) is 1. The van der Waals surface area contributed by atoms with Crippen LogP contribution in [0.2, 0.25) is 0 Å². The second-order valence-electron chi connectivity index (χ2n) is 1.72. The summed E-state index contributed by atoms with van der Waals surface area (Å²) in [4.78, 5) is 20.6. The van der Waals surface area contributed by atoms with E-state index in [9.17, 15) is 9.59 Å². The summed E-state index contributed by atoms with van der Waals surface area (Å²) < 4.78 is 0. The van der Waals surface area contributed by atoms with Crippen molar-refractivity contribution in [2.75, 3.05) is 0 Å². The number of imide groups is 1. The van der Waals surface area contributed by atoms with Crippen LogP contribution < -0.4 is 11.1 Å². The van der Waals surface area contributed by atoms with Crippen LogP contribution in [0.15, 0.2) is 0 Å². The zero-order chi connectivity index (χ0) is 6.15. The van der Waals surface area contributed by atoms with Gasteiger partial charge < -0.3 is 5.73 Å². The van der Waals surface area contributed by atoms with Crippen molar-refractivity contribution < 1.29 is 9.59 Å². The fraction of sp³-hybridized carbons (Fsp3) is 0.500. The maximum atomic E-state index is 10.3. The summed E-state index contributed by atoms with van der Waals surface area (Å²) in [7, 11) is 0. The van der Waals surface area contributed by atoms with Crippen LogP contribution in [0.25, 0.3) is 0 Å². The molecule has 0 saturated carbocycles. The van der Waals surface area contributed by atoms with Gasteiger partial charge >= 0.3 is 0 Å². The highest BCUT2D eigenvalue weighted by Crippen LogP contribution is 1.95. The van der Waals surface area contributed by atoms with Crippen LogP contribution in [0.3, 0.4) is 0 Å². The van der Waals surface area contributed by atoms with Gasteiger partial charge in [-0.25, -0.2) is 0 Å². The van der Waals surface area contributed by atoms with Gasteiger partial charge in [0, 0.05) is 0 Å². The second-order valence-corrected chi connectivity index (χ2v) is 1.72. The lowest BCUT2D eigenvalue weighted by molar-refractivity contribution is -0.125. The normalized spacial score (nSPS) is 25.2. The molecule has 0 aromatic heterocycles. The highest BCUT2D eigenvalue weighted by atomic mass is 35.5. The molecule has 0 aliphatic carbocycles. The van der Waals surface area contributed by atoms with Crippen LogP contribution in [0.4, 0.5) is 0 Å². The maximum Gasteiger partial charge on any atom is 0.243 e. The number of hydrogen-bond acceptors (Lipinski definition) is 3. The number of carbonyl (C=O) groups excluding carboxylic acids is 2. The molecule has 1 aliphatic rings. The first kappa shape index (κ1) is 8.39. The Morgan fingerprint density at radius 1 is 1.56 bits per heavy atom. The fourth-order valence-corrected chi connectivity index (χ4v) is 0.574. The summed E-state index contributed by atoms with van der Waals surface area (Å²) in [5, 5.41) is 2.06. The van der Waals surface area contributed by atoms with Crippen LogP contribution in [-0.4, -0.2) is 17.9 Å². The minimum atomic E-state index is -0.609. The Labute approximate surface area is 58.2 Å². The standard InChI is InChI=1S/C4H6N2O2.ClH/c5-2-1-3(7)6-4(2)8;/h2H,1,5H2,(H,6,7,8);1H/t2-;/m0./s1. The molecule has 1 fully saturated rings. The average Bonchev–Trinajstić information content (AvgIpc) is 1.85. The van der Waals surface area contributed by atoms with Gasteiger partial charge in [0.1, 0.15) is 0 Å². The SMILES string of the molecule is Cl.N[C@H]1CC(=O)NC1=O. The van der Waals surface area contributed by atoms with E-state index < -0.39 is 6.04 Å². The summed E-state index contributed by atoms with van der Waals surface area (Å²) in [6.45, 7) is 0. The molecule has 1 heterocycles. The van der Waals surface area contributed by atoms with Gasteiger partial charge in [-0.1, -0.05) is 0 Å². The highest BCUT2D eigenvalue weighted by Gasteiger charge is 2.26. The topological polar surface area (TPSA) is 72.2 Å². The van der Waals surface area contributed by atoms with Gasteiger partial charge in [-0.3, -0.25) is 14.9 Å². The van der Waals surface area contributed by atoms with Crippen LogP contribution in [0.5, 0.6) is 0 Å². The van der Waals surface area contributed by atoms with Crippen LogP contribution >= 0.6 is 12.4 Å². The second kappa shape index (κ2) is 2.80. The van der Waals surface area contributed by atoms with E-state index in [1.165, 1.54) is 0 Å². The van der Waals surface area contributed by atoms with Gasteiger partial charge in [-0.05, 0) is 0 Å². The summed E-state index contributed by atoms with van der Waals surface area (Å²) >= 11 is 0. The predicted octanol–water partition coefficient (Wildman–Crippen LogP) is -1.22. The zero-order valence-electron chi connectivity index (χ0n) is 4.59. The monoisotopic (exact) mass is 150 g/mol. The minimum absolute atomic E-state index is 0. The van der Waals surface area contributed by atoms with Crippen molar-refractivity contribution in [1.29, 1.82) is 0 Å². The molecular weight excluding hydrogens is 144 g/mol. The van der Waals surface area contributed by atoms with Gasteiger partial charge in [0.15, 0.2) is 0 Å². The van der Waals surface area contributed by atoms with E-state index in [1.807, 2.05) is 0 Å². The lowest BCUT2D eigenvalue weighted by atomic mass is 10.3. The molecule has 2 amide bonds. The van der Waals surface area contributed by atoms with E-state index in [4.69, 9.17) is 5.73 Å². The minimum Gasteiger partial charge on any atom is -0.319 e. The number of amides is 2. The predicted molar refractivity (Wildman–Crippen MR) is 33.0 cm³/mol. The number of carbonyl (C=O) groups is 2. The third kappa shape index (κ3) is 1.65. The first-order chi connectivity index (χ1) is 3.70. The van der Waals surface area contributed by atoms with E-state index in [-0.39, 0.29) is 30.6 Å². The van der Waals surface area contributed by atoms with Crippen molar-refractivity contribution in [3.05, 3.63) is 0 Å². The molecule has 1 atom stereocenters. The third-order valence-electron chi connectivity index (χ3n) is 1.00. The molecule has 0 bridgehead atoms. The molecular formula is C4H7ClN2O2. The van der Waals surface area contributed by atoms with Crippen molar-refractivity contribution in [3.8, 4) is 0 Å². The van der Waals surface area contributed by atoms with E-state index in [1.54, 1.807) is 0 Å². The molecule has 1 saturated heterocycles. The van der Waals surface area contributed by atoms with Crippen LogP contribution in [0, 0.1) is 0 Å². The molecule has 1 aliphatic heterocycles. The average molecular weight is 151 g/mol. The van der Waals surface area contributed by atoms with Crippen molar-refractivity contribution >= 4 is 24.2 Å². The molecule has 1 rings (SSSR count). The first-order valence-corrected chi connectivity index (χ1v) is 2.29. The largest absolute Gasteiger partial charge is 0.319 e. The summed E-state index contributed by atoms with van der Waals surface area (Å²) in [5.74, 6) is -0.641. The molecule has 0 spiro atoms. The van der Waals surface area contributed by atoms with Crippen LogP contribution in [-0.2, 0) is 9.59 Å². The molecule has 0 radical (unpaired) electrons. The quantitative estimate of drug-likeness (QED) is 0.426. The molecule has 9 heavy (non-hydrogen) atoms. The molecule has 5 heteroatoms. The number of halogens is 1. The lowest BCUT2D eigenvalue weighted by Crippen LogP contribution is -2.30. The van der Waals surface area contributed by atoms with E-state index >= 15 is 0 Å². The van der Waals surface area contributed by atoms with Gasteiger partial charge in [-0.15, -0.1) is 12.4 Å². The maximum absolute atomic E-state index is 10.3. The van der Waals surface area contributed by atoms with Crippen LogP contribution in [0.1, 0.15) is 6.42 Å². The molecule has 0 aromatic carbocycles. The highest BCUT2D eigenvalue weighted by molar-refractivity contribution is 6.05. The Morgan fingerprint density at radius 3 is 2.22 bits per heavy atom. The Bertz CT molecular complexity index is 148. The number of hydrogen-bond donors (Lipinski definition) is 2. The Morgan fingerprint density at radius 2 is 2.11 bits per heavy atom. The van der Waals surface area contributed by atoms with E-state index in [2.05, 4.69) is 5.32 Å². The van der Waals surface area contributed by atoms with Gasteiger partial charge in [0.25, 0.3) is 0 Å². The van der Waals surface area contributed by atoms with E-state index in [0.29, 0.717) is 0 Å².